The SMILES string of the molecule is COC1CCC(C2CNC(NC3CCC(CCNC4CCCC(C(=O)O)C4)CC3)NC2)CC1. The van der Waals surface area contributed by atoms with Crippen LogP contribution in [-0.2, 0) is 9.53 Å². The summed E-state index contributed by atoms with van der Waals surface area (Å²) in [6.07, 6.45) is 16.0. The fourth-order valence-electron chi connectivity index (χ4n) is 6.87. The quantitative estimate of drug-likeness (QED) is 0.358. The maximum atomic E-state index is 11.3. The number of hydrogen-bond donors (Lipinski definition) is 5. The summed E-state index contributed by atoms with van der Waals surface area (Å²) >= 11 is 0. The zero-order valence-corrected chi connectivity index (χ0v) is 20.7. The highest BCUT2D eigenvalue weighted by molar-refractivity contribution is 5.70. The highest BCUT2D eigenvalue weighted by Gasteiger charge is 2.32. The van der Waals surface area contributed by atoms with Gasteiger partial charge in [0.15, 0.2) is 0 Å². The van der Waals surface area contributed by atoms with E-state index in [9.17, 15) is 9.90 Å². The van der Waals surface area contributed by atoms with Crippen molar-refractivity contribution in [3.8, 4) is 0 Å². The van der Waals surface area contributed by atoms with Crippen molar-refractivity contribution < 1.29 is 14.6 Å². The Hall–Kier alpha value is -0.730. The van der Waals surface area contributed by atoms with E-state index in [1.54, 1.807) is 0 Å². The number of ether oxygens (including phenoxy) is 1. The van der Waals surface area contributed by atoms with Gasteiger partial charge in [-0.2, -0.15) is 0 Å². The topological polar surface area (TPSA) is 94.7 Å². The van der Waals surface area contributed by atoms with Crippen LogP contribution in [0.2, 0.25) is 0 Å². The molecule has 0 spiro atoms. The first kappa shape index (κ1) is 25.4. The monoisotopic (exact) mass is 464 g/mol. The van der Waals surface area contributed by atoms with Crippen molar-refractivity contribution in [2.45, 2.75) is 108 Å². The van der Waals surface area contributed by atoms with E-state index in [-0.39, 0.29) is 12.2 Å². The number of nitrogens with one attached hydrogen (secondary N) is 4. The Morgan fingerprint density at radius 2 is 1.64 bits per heavy atom. The second-order valence-corrected chi connectivity index (χ2v) is 11.3. The lowest BCUT2D eigenvalue weighted by Crippen LogP contribution is -2.63. The number of carbonyl (C=O) groups is 1. The average molecular weight is 465 g/mol. The molecule has 0 aromatic carbocycles. The maximum absolute atomic E-state index is 11.3. The highest BCUT2D eigenvalue weighted by atomic mass is 16.5. The molecule has 33 heavy (non-hydrogen) atoms. The van der Waals surface area contributed by atoms with Crippen LogP contribution in [-0.4, -0.2) is 62.3 Å². The molecule has 0 bridgehead atoms. The molecule has 5 N–H and O–H groups in total. The smallest absolute Gasteiger partial charge is 0.306 e. The molecule has 0 amide bonds. The third-order valence-corrected chi connectivity index (χ3v) is 9.15. The molecule has 0 aromatic rings. The van der Waals surface area contributed by atoms with Gasteiger partial charge in [-0.05, 0) is 101 Å². The van der Waals surface area contributed by atoms with Gasteiger partial charge in [0.2, 0.25) is 0 Å². The summed E-state index contributed by atoms with van der Waals surface area (Å²) in [5.41, 5.74) is 0. The van der Waals surface area contributed by atoms with Crippen molar-refractivity contribution in [2.75, 3.05) is 26.7 Å². The van der Waals surface area contributed by atoms with E-state index in [1.165, 1.54) is 57.8 Å². The zero-order valence-electron chi connectivity index (χ0n) is 20.7. The van der Waals surface area contributed by atoms with Gasteiger partial charge in [0.25, 0.3) is 0 Å². The number of hydrogen-bond acceptors (Lipinski definition) is 6. The van der Waals surface area contributed by atoms with Crippen LogP contribution >= 0.6 is 0 Å². The van der Waals surface area contributed by atoms with Crippen LogP contribution in [0.4, 0.5) is 0 Å². The van der Waals surface area contributed by atoms with Gasteiger partial charge < -0.3 is 15.2 Å². The fourth-order valence-corrected chi connectivity index (χ4v) is 6.87. The first-order valence-electron chi connectivity index (χ1n) is 13.8. The van der Waals surface area contributed by atoms with Crippen molar-refractivity contribution >= 4 is 5.97 Å². The lowest BCUT2D eigenvalue weighted by molar-refractivity contribution is -0.143. The minimum Gasteiger partial charge on any atom is -0.481 e. The molecule has 2 atom stereocenters. The molecule has 0 radical (unpaired) electrons. The molecule has 1 saturated heterocycles. The number of carboxylic acid groups (broad SMARTS) is 1. The fraction of sp³-hybridized carbons (Fsp3) is 0.962. The number of methoxy groups -OCH3 is 1. The van der Waals surface area contributed by atoms with Gasteiger partial charge in [-0.15, -0.1) is 0 Å². The Morgan fingerprint density at radius 1 is 0.909 bits per heavy atom. The molecule has 3 saturated carbocycles. The van der Waals surface area contributed by atoms with E-state index >= 15 is 0 Å². The number of aliphatic carboxylic acids is 1. The summed E-state index contributed by atoms with van der Waals surface area (Å²) in [4.78, 5) is 11.3. The Kier molecular flexibility index (Phi) is 9.86. The second kappa shape index (κ2) is 12.8. The molecule has 2 unspecified atom stereocenters. The molecule has 190 valence electrons. The van der Waals surface area contributed by atoms with Crippen LogP contribution in [0.15, 0.2) is 0 Å². The summed E-state index contributed by atoms with van der Waals surface area (Å²) in [7, 11) is 1.85. The summed E-state index contributed by atoms with van der Waals surface area (Å²) in [5.74, 6) is 1.65. The first-order valence-corrected chi connectivity index (χ1v) is 13.8. The van der Waals surface area contributed by atoms with E-state index < -0.39 is 5.97 Å². The molecule has 0 aromatic heterocycles. The van der Waals surface area contributed by atoms with Crippen molar-refractivity contribution in [2.24, 2.45) is 23.7 Å². The molecular formula is C26H48N4O3. The van der Waals surface area contributed by atoms with Crippen LogP contribution in [0.25, 0.3) is 0 Å². The van der Waals surface area contributed by atoms with Crippen LogP contribution in [0.5, 0.6) is 0 Å². The van der Waals surface area contributed by atoms with E-state index in [1.807, 2.05) is 7.11 Å². The number of carboxylic acids is 1. The second-order valence-electron chi connectivity index (χ2n) is 11.3. The van der Waals surface area contributed by atoms with Crippen LogP contribution in [0.1, 0.15) is 83.5 Å². The molecule has 4 fully saturated rings. The van der Waals surface area contributed by atoms with Crippen LogP contribution in [0.3, 0.4) is 0 Å². The summed E-state index contributed by atoms with van der Waals surface area (Å²) < 4.78 is 5.53. The predicted octanol–water partition coefficient (Wildman–Crippen LogP) is 3.06. The van der Waals surface area contributed by atoms with E-state index in [2.05, 4.69) is 21.3 Å². The number of rotatable bonds is 9. The van der Waals surface area contributed by atoms with E-state index in [4.69, 9.17) is 4.74 Å². The van der Waals surface area contributed by atoms with E-state index in [0.717, 1.165) is 63.1 Å². The van der Waals surface area contributed by atoms with E-state index in [0.29, 0.717) is 18.2 Å². The van der Waals surface area contributed by atoms with Gasteiger partial charge in [-0.25, -0.2) is 0 Å². The molecule has 4 aliphatic rings. The normalized spacial score (nSPS) is 40.4. The minimum absolute atomic E-state index is 0.138. The van der Waals surface area contributed by atoms with Gasteiger partial charge >= 0.3 is 5.97 Å². The summed E-state index contributed by atoms with van der Waals surface area (Å²) in [6.45, 7) is 3.29. The summed E-state index contributed by atoms with van der Waals surface area (Å²) in [5, 5.41) is 24.2. The Balaban J connectivity index is 1.06. The Labute approximate surface area is 200 Å². The molecule has 7 heteroatoms. The van der Waals surface area contributed by atoms with Gasteiger partial charge in [0.1, 0.15) is 6.29 Å². The largest absolute Gasteiger partial charge is 0.481 e. The molecule has 3 aliphatic carbocycles. The van der Waals surface area contributed by atoms with Crippen molar-refractivity contribution in [1.29, 1.82) is 0 Å². The Bertz CT molecular complexity index is 582. The average Bonchev–Trinajstić information content (AvgIpc) is 2.86. The van der Waals surface area contributed by atoms with Crippen LogP contribution < -0.4 is 21.3 Å². The molecule has 7 nitrogen and oxygen atoms in total. The maximum Gasteiger partial charge on any atom is 0.306 e. The molecular weight excluding hydrogens is 416 g/mol. The molecule has 1 heterocycles. The lowest BCUT2D eigenvalue weighted by atomic mass is 9.78. The lowest BCUT2D eigenvalue weighted by Gasteiger charge is -2.40. The standard InChI is InChI=1S/C26H48N4O3/c1-33-24-11-7-19(8-12-24)21-16-28-26(29-17-21)30-22-9-5-18(6-10-22)13-14-27-23-4-2-3-20(15-23)25(31)32/h18-24,26-30H,2-17H2,1H3,(H,31,32). The van der Waals surface area contributed by atoms with Gasteiger partial charge in [-0.1, -0.05) is 6.42 Å². The predicted molar refractivity (Wildman–Crippen MR) is 131 cm³/mol. The van der Waals surface area contributed by atoms with Crippen molar-refractivity contribution in [3.63, 3.8) is 0 Å². The molecule has 4 rings (SSSR count). The third-order valence-electron chi connectivity index (χ3n) is 9.15. The minimum atomic E-state index is -0.612. The molecule has 1 aliphatic heterocycles. The van der Waals surface area contributed by atoms with Crippen molar-refractivity contribution in [3.05, 3.63) is 0 Å². The Morgan fingerprint density at radius 3 is 2.30 bits per heavy atom. The van der Waals surface area contributed by atoms with Gasteiger partial charge in [-0.3, -0.25) is 20.7 Å². The first-order chi connectivity index (χ1) is 16.1. The zero-order chi connectivity index (χ0) is 23.0. The third kappa shape index (κ3) is 7.63. The van der Waals surface area contributed by atoms with Crippen molar-refractivity contribution in [1.82, 2.24) is 21.3 Å². The van der Waals surface area contributed by atoms with Crippen LogP contribution in [0, 0.1) is 23.7 Å². The highest BCUT2D eigenvalue weighted by Crippen LogP contribution is 2.32. The van der Waals surface area contributed by atoms with Gasteiger partial charge in [0.05, 0.1) is 12.0 Å². The van der Waals surface area contributed by atoms with Gasteiger partial charge in [0, 0.05) is 32.3 Å². The summed E-state index contributed by atoms with van der Waals surface area (Å²) in [6, 6.07) is 1.02.